The molecular weight excluding hydrogens is 976 g/mol. The fourth-order valence-corrected chi connectivity index (χ4v) is 14.1. The van der Waals surface area contributed by atoms with E-state index in [-0.39, 0.29) is 17.7 Å². The van der Waals surface area contributed by atoms with E-state index in [2.05, 4.69) is 251 Å². The van der Waals surface area contributed by atoms with Crippen LogP contribution < -0.4 is 20.6 Å². The molecule has 0 amide bonds. The number of aryl methyl sites for hydroxylation is 1. The minimum atomic E-state index is -0.339. The van der Waals surface area contributed by atoms with Crippen molar-refractivity contribution in [1.29, 1.82) is 0 Å². The van der Waals surface area contributed by atoms with Crippen LogP contribution in [0, 0.1) is 0 Å². The summed E-state index contributed by atoms with van der Waals surface area (Å²) in [7, 11) is 0. The number of hydrogen-bond donors (Lipinski definition) is 0. The van der Waals surface area contributed by atoms with Crippen molar-refractivity contribution in [3.63, 3.8) is 0 Å². The van der Waals surface area contributed by atoms with E-state index in [0.717, 1.165) is 154 Å². The minimum Gasteiger partial charge on any atom is -0.456 e. The van der Waals surface area contributed by atoms with Gasteiger partial charge < -0.3 is 23.0 Å². The lowest BCUT2D eigenvalue weighted by molar-refractivity contribution is 0.332. The third-order valence-electron chi connectivity index (χ3n) is 18.3. The van der Waals surface area contributed by atoms with Crippen LogP contribution in [0.4, 0.5) is 28.4 Å². The van der Waals surface area contributed by atoms with Crippen molar-refractivity contribution < 1.29 is 13.3 Å². The van der Waals surface area contributed by atoms with Gasteiger partial charge in [0.05, 0.1) is 5.69 Å². The number of para-hydroxylation sites is 2. The lowest BCUT2D eigenvalue weighted by Crippen LogP contribution is -2.61. The first kappa shape index (κ1) is 47.0. The lowest BCUT2D eigenvalue weighted by atomic mass is 9.43. The summed E-state index contributed by atoms with van der Waals surface area (Å²) < 4.78 is 21.8. The van der Waals surface area contributed by atoms with E-state index >= 15 is 0 Å². The van der Waals surface area contributed by atoms with Crippen molar-refractivity contribution in [2.45, 2.75) is 77.6 Å². The zero-order valence-corrected chi connectivity index (χ0v) is 45.9. The van der Waals surface area contributed by atoms with Gasteiger partial charge in [0.2, 0.25) is 0 Å². The SMILES string of the molecule is CCCCc1ccc(N2c3cc4c(-c5ccccc5)c(-c5ccccc5)oc4cc3B3c4c2cc2c(oc5ccccc52)c4-c2cc4c(cc2N3c2ccccc2)oc2cc3c(cc24)C(C)(C)CCC3(C)C)c(-c2ccccc2)c1. The molecule has 0 spiro atoms. The normalized spacial score (nSPS) is 15.0. The predicted molar refractivity (Wildman–Crippen MR) is 335 cm³/mol. The molecule has 10 aromatic carbocycles. The van der Waals surface area contributed by atoms with Gasteiger partial charge in [0.25, 0.3) is 0 Å². The van der Waals surface area contributed by atoms with Crippen LogP contribution in [0.25, 0.3) is 99.6 Å². The average Bonchev–Trinajstić information content (AvgIpc) is 4.32. The van der Waals surface area contributed by atoms with Crippen LogP contribution in [0.5, 0.6) is 0 Å². The number of benzene rings is 10. The number of hydrogen-bond acceptors (Lipinski definition) is 5. The molecule has 0 fully saturated rings. The van der Waals surface area contributed by atoms with Gasteiger partial charge in [0, 0.05) is 83.6 Å². The molecule has 5 nitrogen and oxygen atoms in total. The Labute approximate surface area is 466 Å². The molecule has 386 valence electrons. The molecule has 0 saturated carbocycles. The molecule has 6 heteroatoms. The van der Waals surface area contributed by atoms with Gasteiger partial charge in [-0.15, -0.1) is 0 Å². The van der Waals surface area contributed by atoms with Gasteiger partial charge >= 0.3 is 6.85 Å². The number of rotatable bonds is 8. The van der Waals surface area contributed by atoms with Crippen molar-refractivity contribution >= 4 is 101 Å². The molecular formula is C74H59BN2O3. The Morgan fingerprint density at radius 1 is 0.450 bits per heavy atom. The summed E-state index contributed by atoms with van der Waals surface area (Å²) in [5.74, 6) is 0.850. The largest absolute Gasteiger partial charge is 0.456 e. The highest BCUT2D eigenvalue weighted by Crippen LogP contribution is 2.55. The number of fused-ring (bicyclic) bond motifs is 13. The molecule has 3 aliphatic rings. The summed E-state index contributed by atoms with van der Waals surface area (Å²) in [6, 6.07) is 76.0. The van der Waals surface area contributed by atoms with Gasteiger partial charge in [-0.1, -0.05) is 174 Å². The summed E-state index contributed by atoms with van der Waals surface area (Å²) in [4.78, 5) is 5.17. The van der Waals surface area contributed by atoms with Gasteiger partial charge in [-0.25, -0.2) is 0 Å². The second-order valence-corrected chi connectivity index (χ2v) is 24.0. The quantitative estimate of drug-likeness (QED) is 0.142. The molecule has 3 aromatic heterocycles. The summed E-state index contributed by atoms with van der Waals surface area (Å²) in [6.07, 6.45) is 5.52. The Balaban J connectivity index is 1.08. The topological polar surface area (TPSA) is 45.9 Å². The van der Waals surface area contributed by atoms with Crippen LogP contribution in [0.15, 0.2) is 220 Å². The molecule has 2 aliphatic heterocycles. The monoisotopic (exact) mass is 1030 g/mol. The number of anilines is 5. The molecule has 0 radical (unpaired) electrons. The minimum absolute atomic E-state index is 0.0277. The van der Waals surface area contributed by atoms with Gasteiger partial charge in [-0.3, -0.25) is 0 Å². The molecule has 0 bridgehead atoms. The van der Waals surface area contributed by atoms with Crippen LogP contribution in [-0.2, 0) is 17.3 Å². The van der Waals surface area contributed by atoms with Crippen molar-refractivity contribution in [3.05, 3.63) is 223 Å². The fourth-order valence-electron chi connectivity index (χ4n) is 14.1. The van der Waals surface area contributed by atoms with Gasteiger partial charge in [-0.2, -0.15) is 0 Å². The third kappa shape index (κ3) is 6.97. The lowest BCUT2D eigenvalue weighted by Gasteiger charge is -2.46. The van der Waals surface area contributed by atoms with Crippen molar-refractivity contribution in [2.75, 3.05) is 9.71 Å². The van der Waals surface area contributed by atoms with Crippen molar-refractivity contribution in [3.8, 4) is 44.7 Å². The van der Waals surface area contributed by atoms with Crippen molar-refractivity contribution in [1.82, 2.24) is 0 Å². The van der Waals surface area contributed by atoms with Crippen molar-refractivity contribution in [2.24, 2.45) is 0 Å². The molecule has 0 unspecified atom stereocenters. The molecule has 0 N–H and O–H groups in total. The summed E-state index contributed by atoms with van der Waals surface area (Å²) >= 11 is 0. The van der Waals surface area contributed by atoms with E-state index in [1.807, 2.05) is 0 Å². The van der Waals surface area contributed by atoms with Crippen LogP contribution >= 0.6 is 0 Å². The van der Waals surface area contributed by atoms with Gasteiger partial charge in [0.15, 0.2) is 0 Å². The Morgan fingerprint density at radius 3 is 1.81 bits per heavy atom. The first-order valence-electron chi connectivity index (χ1n) is 28.7. The molecule has 80 heavy (non-hydrogen) atoms. The molecule has 0 saturated heterocycles. The highest BCUT2D eigenvalue weighted by atomic mass is 16.3. The molecule has 5 heterocycles. The van der Waals surface area contributed by atoms with E-state index in [9.17, 15) is 0 Å². The smallest absolute Gasteiger partial charge is 0.333 e. The molecule has 13 aromatic rings. The highest BCUT2D eigenvalue weighted by Gasteiger charge is 2.48. The average molecular weight is 1040 g/mol. The van der Waals surface area contributed by atoms with Gasteiger partial charge in [0.1, 0.15) is 33.7 Å². The maximum Gasteiger partial charge on any atom is 0.333 e. The second kappa shape index (κ2) is 17.5. The Kier molecular flexibility index (Phi) is 10.3. The first-order valence-corrected chi connectivity index (χ1v) is 28.7. The zero-order valence-electron chi connectivity index (χ0n) is 45.9. The summed E-state index contributed by atoms with van der Waals surface area (Å²) in [6.45, 7) is 11.6. The summed E-state index contributed by atoms with van der Waals surface area (Å²) in [5, 5.41) is 5.48. The van der Waals surface area contributed by atoms with Crippen LogP contribution in [-0.4, -0.2) is 6.85 Å². The van der Waals surface area contributed by atoms with Gasteiger partial charge in [-0.05, 0) is 142 Å². The first-order chi connectivity index (χ1) is 39.1. The third-order valence-corrected chi connectivity index (χ3v) is 18.3. The summed E-state index contributed by atoms with van der Waals surface area (Å²) in [5.41, 5.74) is 24.1. The number of nitrogens with zero attached hydrogens (tertiary/aromatic N) is 2. The van der Waals surface area contributed by atoms with Crippen LogP contribution in [0.2, 0.25) is 0 Å². The van der Waals surface area contributed by atoms with E-state index in [1.54, 1.807) is 0 Å². The van der Waals surface area contributed by atoms with Crippen LogP contribution in [0.1, 0.15) is 77.0 Å². The fraction of sp³-hybridized carbons (Fsp3) is 0.162. The van der Waals surface area contributed by atoms with E-state index in [0.29, 0.717) is 0 Å². The van der Waals surface area contributed by atoms with E-state index in [4.69, 9.17) is 13.3 Å². The predicted octanol–water partition coefficient (Wildman–Crippen LogP) is 19.6. The Bertz CT molecular complexity index is 4650. The van der Waals surface area contributed by atoms with E-state index in [1.165, 1.54) is 33.3 Å². The second-order valence-electron chi connectivity index (χ2n) is 24.0. The molecule has 16 rings (SSSR count). The maximum absolute atomic E-state index is 7.33. The van der Waals surface area contributed by atoms with E-state index < -0.39 is 0 Å². The molecule has 1 aliphatic carbocycles. The maximum atomic E-state index is 7.33. The Hall–Kier alpha value is -9.00. The number of furan rings is 3. The number of unbranched alkanes of at least 4 members (excludes halogenated alkanes) is 1. The standard InChI is InChI=1S/C74H59BN2O3/c1-6-7-22-45-33-34-60(51(37-45)46-23-12-8-13-24-46)76-62-41-56-66(80-71(48-27-16-10-17-28-48)68(56)47-25-14-9-15-26-47)43-59(62)75-70-63(76)40-54-50-31-20-21-32-64(50)79-72(54)69(70)55-38-52-53-39-57-58(74(4,5)36-35-73(57,2)3)42-65(53)78-67(52)44-61(55)77(75)49-29-18-11-19-30-49/h8-21,23-34,37-44H,6-7,22,35-36H2,1-5H3. The Morgan fingerprint density at radius 2 is 1.07 bits per heavy atom. The highest BCUT2D eigenvalue weighted by molar-refractivity contribution is 6.94. The van der Waals surface area contributed by atoms with Crippen LogP contribution in [0.3, 0.4) is 0 Å². The zero-order chi connectivity index (χ0) is 53.6. The molecule has 0 atom stereocenters.